The fraction of sp³-hybridized carbons (Fsp3) is 0.880. The zero-order chi connectivity index (χ0) is 26.2. The van der Waals surface area contributed by atoms with Gasteiger partial charge in [0.15, 0.2) is 17.8 Å². The topological polar surface area (TPSA) is 141 Å². The molecule has 2 spiro atoms. The van der Waals surface area contributed by atoms with E-state index in [4.69, 9.17) is 23.7 Å². The van der Waals surface area contributed by atoms with Crippen molar-refractivity contribution in [3.63, 3.8) is 0 Å². The smallest absolute Gasteiger partial charge is 0.343 e. The van der Waals surface area contributed by atoms with Crippen LogP contribution in [-0.4, -0.2) is 102 Å². The van der Waals surface area contributed by atoms with E-state index in [9.17, 15) is 24.6 Å². The zero-order valence-electron chi connectivity index (χ0n) is 21.5. The van der Waals surface area contributed by atoms with Crippen molar-refractivity contribution in [2.45, 2.75) is 82.4 Å². The predicted molar refractivity (Wildman–Crippen MR) is 119 cm³/mol. The number of hydrogen-bond acceptors (Lipinski definition) is 11. The van der Waals surface area contributed by atoms with Gasteiger partial charge in [0.05, 0.1) is 23.4 Å². The standard InChI is InChI=1S/C25H35NO10/c1-11-17(28)34-15-14(27)23-13-9-12(10-21(2,3)4)22(23)16(32-8-7-26(5)6)18(29)35-20(22)36-25(23,19(30)33-13)24(11,15)31/h11-16,20,27,31H,7-10H2,1-6H3/t11-,12?,13-,14?,15+,16+,20?,22?,23?,24-,25?/m1/s1. The highest BCUT2D eigenvalue weighted by Crippen LogP contribution is 2.84. The van der Waals surface area contributed by atoms with Crippen LogP contribution in [0.2, 0.25) is 0 Å². The highest BCUT2D eigenvalue weighted by Gasteiger charge is 3.03. The Bertz CT molecular complexity index is 1040. The number of esters is 3. The molecule has 2 aliphatic carbocycles. The van der Waals surface area contributed by atoms with Gasteiger partial charge in [-0.3, -0.25) is 4.79 Å². The molecule has 6 aliphatic rings. The van der Waals surface area contributed by atoms with Crippen molar-refractivity contribution in [1.29, 1.82) is 0 Å². The van der Waals surface area contributed by atoms with Crippen LogP contribution in [0.1, 0.15) is 40.5 Å². The summed E-state index contributed by atoms with van der Waals surface area (Å²) in [5.74, 6) is -3.74. The van der Waals surface area contributed by atoms with Gasteiger partial charge < -0.3 is 38.8 Å². The van der Waals surface area contributed by atoms with E-state index in [1.807, 2.05) is 19.0 Å². The van der Waals surface area contributed by atoms with Gasteiger partial charge in [0.25, 0.3) is 0 Å². The highest BCUT2D eigenvalue weighted by atomic mass is 16.8. The van der Waals surface area contributed by atoms with Gasteiger partial charge in [-0.05, 0) is 45.2 Å². The zero-order valence-corrected chi connectivity index (χ0v) is 21.5. The molecule has 6 rings (SSSR count). The van der Waals surface area contributed by atoms with Gasteiger partial charge >= 0.3 is 17.9 Å². The number of aliphatic hydroxyl groups is 2. The molecule has 2 saturated carbocycles. The Balaban J connectivity index is 1.59. The molecule has 0 aromatic rings. The van der Waals surface area contributed by atoms with E-state index in [1.165, 1.54) is 6.92 Å². The van der Waals surface area contributed by atoms with Gasteiger partial charge in [0.1, 0.15) is 12.2 Å². The number of carbonyl (C=O) groups excluding carboxylic acids is 3. The molecule has 11 heteroatoms. The molecule has 4 aliphatic heterocycles. The monoisotopic (exact) mass is 509 g/mol. The van der Waals surface area contributed by atoms with Crippen molar-refractivity contribution >= 4 is 17.9 Å². The Kier molecular flexibility index (Phi) is 4.76. The Labute approximate surface area is 209 Å². The molecule has 0 bridgehead atoms. The minimum Gasteiger partial charge on any atom is -0.459 e. The number of carbonyl (C=O) groups is 3. The van der Waals surface area contributed by atoms with Crippen LogP contribution in [0.4, 0.5) is 0 Å². The second-order valence-electron chi connectivity index (χ2n) is 12.9. The maximum atomic E-state index is 13.7. The summed E-state index contributed by atoms with van der Waals surface area (Å²) >= 11 is 0. The lowest BCUT2D eigenvalue weighted by Crippen LogP contribution is -2.67. The molecule has 0 radical (unpaired) electrons. The fourth-order valence-corrected chi connectivity index (χ4v) is 8.73. The molecule has 4 saturated heterocycles. The second kappa shape index (κ2) is 6.99. The molecule has 0 amide bonds. The van der Waals surface area contributed by atoms with E-state index in [0.29, 0.717) is 19.4 Å². The normalized spacial score (nSPS) is 52.2. The number of aliphatic hydroxyl groups excluding tert-OH is 1. The lowest BCUT2D eigenvalue weighted by molar-refractivity contribution is -0.239. The molecule has 0 aromatic heterocycles. The third-order valence-electron chi connectivity index (χ3n) is 9.75. The molecule has 200 valence electrons. The Morgan fingerprint density at radius 3 is 2.44 bits per heavy atom. The number of nitrogens with zero attached hydrogens (tertiary/aromatic N) is 1. The molecule has 6 fully saturated rings. The van der Waals surface area contributed by atoms with Crippen LogP contribution in [0, 0.1) is 28.1 Å². The maximum Gasteiger partial charge on any atom is 0.343 e. The van der Waals surface area contributed by atoms with Crippen LogP contribution in [0.3, 0.4) is 0 Å². The average molecular weight is 510 g/mol. The first kappa shape index (κ1) is 24.5. The predicted octanol–water partition coefficient (Wildman–Crippen LogP) is -0.393. The molecule has 0 aromatic carbocycles. The minimum absolute atomic E-state index is 0.196. The molecule has 6 unspecified atom stereocenters. The maximum absolute atomic E-state index is 13.7. The van der Waals surface area contributed by atoms with Gasteiger partial charge in [-0.15, -0.1) is 0 Å². The molecular formula is C25H35NO10. The van der Waals surface area contributed by atoms with E-state index in [0.717, 1.165) is 0 Å². The van der Waals surface area contributed by atoms with Crippen molar-refractivity contribution in [2.75, 3.05) is 27.2 Å². The summed E-state index contributed by atoms with van der Waals surface area (Å²) in [6.07, 6.45) is -5.35. The van der Waals surface area contributed by atoms with Crippen LogP contribution >= 0.6 is 0 Å². The largest absolute Gasteiger partial charge is 0.459 e. The van der Waals surface area contributed by atoms with Crippen molar-refractivity contribution < 1.29 is 48.3 Å². The summed E-state index contributed by atoms with van der Waals surface area (Å²) in [5, 5.41) is 24.2. The van der Waals surface area contributed by atoms with Crippen molar-refractivity contribution in [3.05, 3.63) is 0 Å². The lowest BCUT2D eigenvalue weighted by atomic mass is 9.52. The summed E-state index contributed by atoms with van der Waals surface area (Å²) in [5.41, 5.74) is -7.51. The Hall–Kier alpha value is -1.79. The minimum atomic E-state index is -2.20. The van der Waals surface area contributed by atoms with Crippen LogP contribution < -0.4 is 0 Å². The van der Waals surface area contributed by atoms with Gasteiger partial charge in [0.2, 0.25) is 11.9 Å². The Morgan fingerprint density at radius 1 is 1.11 bits per heavy atom. The molecule has 4 heterocycles. The quantitative estimate of drug-likeness (QED) is 0.370. The van der Waals surface area contributed by atoms with E-state index in [2.05, 4.69) is 20.8 Å². The lowest BCUT2D eigenvalue weighted by Gasteiger charge is -2.46. The number of fused-ring (bicyclic) bond motifs is 1. The second-order valence-corrected chi connectivity index (χ2v) is 12.9. The summed E-state index contributed by atoms with van der Waals surface area (Å²) in [6, 6.07) is 0. The van der Waals surface area contributed by atoms with E-state index < -0.39 is 76.6 Å². The first-order chi connectivity index (χ1) is 16.7. The van der Waals surface area contributed by atoms with Crippen molar-refractivity contribution in [2.24, 2.45) is 28.1 Å². The van der Waals surface area contributed by atoms with Crippen LogP contribution in [0.15, 0.2) is 0 Å². The van der Waals surface area contributed by atoms with E-state index in [1.54, 1.807) is 0 Å². The van der Waals surface area contributed by atoms with Gasteiger partial charge in [-0.25, -0.2) is 9.59 Å². The summed E-state index contributed by atoms with van der Waals surface area (Å²) < 4.78 is 29.8. The first-order valence-electron chi connectivity index (χ1n) is 12.7. The number of likely N-dealkylation sites (N-methyl/N-ethyl adjacent to an activating group) is 1. The summed E-state index contributed by atoms with van der Waals surface area (Å²) in [7, 11) is 3.76. The SMILES string of the molecule is C[C@@H]1C(=O)O[C@H]2C(O)C34[C@H]5CC(CC(C)(C)C)C36C(OC(=O)[C@@H]6OCCN(C)C)OC4(C(=O)O5)[C@@]12O. The molecule has 11 atom stereocenters. The van der Waals surface area contributed by atoms with Crippen LogP contribution in [-0.2, 0) is 38.1 Å². The van der Waals surface area contributed by atoms with Crippen LogP contribution in [0.25, 0.3) is 0 Å². The average Bonchev–Trinajstić information content (AvgIpc) is 3.46. The summed E-state index contributed by atoms with van der Waals surface area (Å²) in [6.45, 7) is 8.37. The molecule has 11 nitrogen and oxygen atoms in total. The number of ether oxygens (including phenoxy) is 5. The number of hydrogen-bond donors (Lipinski definition) is 2. The molecular weight excluding hydrogens is 474 g/mol. The van der Waals surface area contributed by atoms with E-state index >= 15 is 0 Å². The van der Waals surface area contributed by atoms with E-state index in [-0.39, 0.29) is 17.9 Å². The molecule has 36 heavy (non-hydrogen) atoms. The highest BCUT2D eigenvalue weighted by molar-refractivity contribution is 5.94. The van der Waals surface area contributed by atoms with Gasteiger partial charge in [-0.1, -0.05) is 20.8 Å². The molecule has 2 N–H and O–H groups in total. The van der Waals surface area contributed by atoms with Crippen LogP contribution in [0.5, 0.6) is 0 Å². The van der Waals surface area contributed by atoms with Crippen molar-refractivity contribution in [1.82, 2.24) is 4.90 Å². The van der Waals surface area contributed by atoms with Gasteiger partial charge in [0, 0.05) is 6.54 Å². The number of rotatable bonds is 5. The van der Waals surface area contributed by atoms with Crippen molar-refractivity contribution in [3.8, 4) is 0 Å². The third kappa shape index (κ3) is 2.28. The third-order valence-corrected chi connectivity index (χ3v) is 9.75. The fourth-order valence-electron chi connectivity index (χ4n) is 8.73. The summed E-state index contributed by atoms with van der Waals surface area (Å²) in [4.78, 5) is 41.6. The first-order valence-corrected chi connectivity index (χ1v) is 12.7. The Morgan fingerprint density at radius 2 is 1.81 bits per heavy atom. The van der Waals surface area contributed by atoms with Gasteiger partial charge in [-0.2, -0.15) is 0 Å².